The van der Waals surface area contributed by atoms with Crippen LogP contribution < -0.4 is 0 Å². The Hall–Kier alpha value is -1.92. The number of aliphatic carboxylic acids is 1. The van der Waals surface area contributed by atoms with Gasteiger partial charge in [-0.25, -0.2) is 9.48 Å². The molecule has 0 radical (unpaired) electrons. The minimum absolute atomic E-state index is 0.0729. The summed E-state index contributed by atoms with van der Waals surface area (Å²) in [5.41, 5.74) is 0.934. The van der Waals surface area contributed by atoms with E-state index in [0.29, 0.717) is 18.9 Å². The summed E-state index contributed by atoms with van der Waals surface area (Å²) < 4.78 is 1.51. The molecule has 1 aliphatic heterocycles. The lowest BCUT2D eigenvalue weighted by Crippen LogP contribution is -2.42. The van der Waals surface area contributed by atoms with Gasteiger partial charge in [0, 0.05) is 18.7 Å². The number of carboxylic acids is 1. The highest BCUT2D eigenvalue weighted by molar-refractivity contribution is 5.84. The van der Waals surface area contributed by atoms with Crippen LogP contribution in [0.5, 0.6) is 0 Å². The predicted molar refractivity (Wildman–Crippen MR) is 64.4 cm³/mol. The molecule has 1 atom stereocenters. The topological polar surface area (TPSA) is 88.3 Å². The van der Waals surface area contributed by atoms with E-state index in [-0.39, 0.29) is 12.5 Å². The number of carbonyl (C=O) groups is 2. The van der Waals surface area contributed by atoms with Crippen LogP contribution in [0.1, 0.15) is 37.3 Å². The highest BCUT2D eigenvalue weighted by atomic mass is 16.4. The van der Waals surface area contributed by atoms with E-state index in [1.165, 1.54) is 9.58 Å². The Morgan fingerprint density at radius 2 is 2.16 bits per heavy atom. The van der Waals surface area contributed by atoms with Crippen LogP contribution in [0.3, 0.4) is 0 Å². The summed E-state index contributed by atoms with van der Waals surface area (Å²) in [6.07, 6.45) is 5.35. The van der Waals surface area contributed by atoms with Gasteiger partial charge in [-0.15, -0.1) is 5.10 Å². The van der Waals surface area contributed by atoms with E-state index in [1.807, 2.05) is 0 Å². The van der Waals surface area contributed by atoms with Gasteiger partial charge in [-0.05, 0) is 25.7 Å². The largest absolute Gasteiger partial charge is 0.480 e. The first kappa shape index (κ1) is 12.1. The summed E-state index contributed by atoms with van der Waals surface area (Å²) in [6.45, 7) is 0.587. The van der Waals surface area contributed by atoms with Crippen molar-refractivity contribution in [1.29, 1.82) is 0 Å². The molecule has 1 saturated heterocycles. The third-order valence-corrected chi connectivity index (χ3v) is 3.71. The van der Waals surface area contributed by atoms with E-state index in [4.69, 9.17) is 5.11 Å². The van der Waals surface area contributed by atoms with Crippen molar-refractivity contribution in [2.75, 3.05) is 6.54 Å². The summed E-state index contributed by atoms with van der Waals surface area (Å²) >= 11 is 0. The first-order valence-corrected chi connectivity index (χ1v) is 6.57. The molecule has 1 amide bonds. The van der Waals surface area contributed by atoms with Crippen molar-refractivity contribution in [2.45, 2.75) is 44.2 Å². The third-order valence-electron chi connectivity index (χ3n) is 3.71. The Morgan fingerprint density at radius 3 is 2.84 bits per heavy atom. The van der Waals surface area contributed by atoms with Crippen molar-refractivity contribution in [3.05, 3.63) is 11.9 Å². The maximum absolute atomic E-state index is 12.1. The van der Waals surface area contributed by atoms with E-state index < -0.39 is 12.0 Å². The molecule has 102 valence electrons. The molecule has 2 aliphatic rings. The van der Waals surface area contributed by atoms with Crippen molar-refractivity contribution in [3.8, 4) is 0 Å². The zero-order valence-electron chi connectivity index (χ0n) is 10.5. The number of carbonyl (C=O) groups excluding carboxylic acids is 1. The van der Waals surface area contributed by atoms with E-state index in [2.05, 4.69) is 10.3 Å². The minimum Gasteiger partial charge on any atom is -0.480 e. The van der Waals surface area contributed by atoms with Gasteiger partial charge in [0.25, 0.3) is 0 Å². The Kier molecular flexibility index (Phi) is 2.96. The van der Waals surface area contributed by atoms with Gasteiger partial charge in [-0.3, -0.25) is 4.79 Å². The zero-order chi connectivity index (χ0) is 13.4. The van der Waals surface area contributed by atoms with Gasteiger partial charge in [0.15, 0.2) is 0 Å². The molecular formula is C12H16N4O3. The van der Waals surface area contributed by atoms with E-state index in [9.17, 15) is 9.59 Å². The summed E-state index contributed by atoms with van der Waals surface area (Å²) in [5.74, 6) is -0.623. The van der Waals surface area contributed by atoms with Gasteiger partial charge in [-0.2, -0.15) is 0 Å². The summed E-state index contributed by atoms with van der Waals surface area (Å²) in [4.78, 5) is 24.6. The van der Waals surface area contributed by atoms with Crippen LogP contribution >= 0.6 is 0 Å². The van der Waals surface area contributed by atoms with Gasteiger partial charge < -0.3 is 10.0 Å². The van der Waals surface area contributed by atoms with Crippen molar-refractivity contribution in [2.24, 2.45) is 0 Å². The highest BCUT2D eigenvalue weighted by Crippen LogP contribution is 2.38. The highest BCUT2D eigenvalue weighted by Gasteiger charge is 2.34. The van der Waals surface area contributed by atoms with Crippen LogP contribution in [-0.4, -0.2) is 49.5 Å². The number of nitrogens with zero attached hydrogens (tertiary/aromatic N) is 4. The SMILES string of the molecule is O=C(O)C1CCCN1C(=O)Cn1cc(C2CC2)nn1. The first-order chi connectivity index (χ1) is 9.15. The van der Waals surface area contributed by atoms with Gasteiger partial charge in [-0.1, -0.05) is 5.21 Å². The van der Waals surface area contributed by atoms with Crippen molar-refractivity contribution < 1.29 is 14.7 Å². The first-order valence-electron chi connectivity index (χ1n) is 6.57. The Morgan fingerprint density at radius 1 is 1.37 bits per heavy atom. The maximum Gasteiger partial charge on any atom is 0.326 e. The van der Waals surface area contributed by atoms with Crippen LogP contribution in [0.15, 0.2) is 6.20 Å². The lowest BCUT2D eigenvalue weighted by molar-refractivity contribution is -0.148. The number of carboxylic acid groups (broad SMARTS) is 1. The standard InChI is InChI=1S/C12H16N4O3/c17-11(16-5-1-2-10(16)12(18)19)7-15-6-9(13-14-15)8-3-4-8/h6,8,10H,1-5,7H2,(H,18,19). The van der Waals surface area contributed by atoms with E-state index in [0.717, 1.165) is 25.0 Å². The van der Waals surface area contributed by atoms with Crippen LogP contribution in [0, 0.1) is 0 Å². The fraction of sp³-hybridized carbons (Fsp3) is 0.667. The molecule has 0 aromatic carbocycles. The molecule has 7 heteroatoms. The lowest BCUT2D eigenvalue weighted by Gasteiger charge is -2.21. The number of hydrogen-bond acceptors (Lipinski definition) is 4. The fourth-order valence-electron chi connectivity index (χ4n) is 2.51. The smallest absolute Gasteiger partial charge is 0.326 e. The molecule has 7 nitrogen and oxygen atoms in total. The van der Waals surface area contributed by atoms with Crippen LogP contribution in [0.2, 0.25) is 0 Å². The van der Waals surface area contributed by atoms with Crippen LogP contribution in [-0.2, 0) is 16.1 Å². The molecule has 0 spiro atoms. The second-order valence-electron chi connectivity index (χ2n) is 5.20. The number of aromatic nitrogens is 3. The van der Waals surface area contributed by atoms with Crippen molar-refractivity contribution in [1.82, 2.24) is 19.9 Å². The Bertz CT molecular complexity index is 509. The molecule has 1 unspecified atom stereocenters. The summed E-state index contributed by atoms with van der Waals surface area (Å²) in [6, 6.07) is -0.682. The average molecular weight is 264 g/mol. The molecular weight excluding hydrogens is 248 g/mol. The fourth-order valence-corrected chi connectivity index (χ4v) is 2.51. The van der Waals surface area contributed by atoms with Gasteiger partial charge in [0.1, 0.15) is 12.6 Å². The van der Waals surface area contributed by atoms with Crippen molar-refractivity contribution in [3.63, 3.8) is 0 Å². The average Bonchev–Trinajstić information content (AvgIpc) is 2.92. The molecule has 2 heterocycles. The minimum atomic E-state index is -0.928. The van der Waals surface area contributed by atoms with Crippen LogP contribution in [0.4, 0.5) is 0 Å². The second kappa shape index (κ2) is 4.64. The second-order valence-corrected chi connectivity index (χ2v) is 5.20. The lowest BCUT2D eigenvalue weighted by atomic mass is 10.2. The number of rotatable bonds is 4. The molecule has 3 rings (SSSR count). The molecule has 19 heavy (non-hydrogen) atoms. The quantitative estimate of drug-likeness (QED) is 0.841. The number of amides is 1. The monoisotopic (exact) mass is 264 g/mol. The predicted octanol–water partition coefficient (Wildman–Crippen LogP) is 0.231. The van der Waals surface area contributed by atoms with Crippen molar-refractivity contribution >= 4 is 11.9 Å². The zero-order valence-corrected chi connectivity index (χ0v) is 10.5. The Labute approximate surface area is 110 Å². The maximum atomic E-state index is 12.1. The molecule has 1 saturated carbocycles. The number of likely N-dealkylation sites (tertiary alicyclic amines) is 1. The summed E-state index contributed by atoms with van der Waals surface area (Å²) in [7, 11) is 0. The van der Waals surface area contributed by atoms with Gasteiger partial charge >= 0.3 is 5.97 Å². The molecule has 2 fully saturated rings. The van der Waals surface area contributed by atoms with Gasteiger partial charge in [0.05, 0.1) is 5.69 Å². The van der Waals surface area contributed by atoms with Gasteiger partial charge in [0.2, 0.25) is 5.91 Å². The Balaban J connectivity index is 1.64. The molecule has 1 N–H and O–H groups in total. The summed E-state index contributed by atoms with van der Waals surface area (Å²) in [5, 5.41) is 17.0. The van der Waals surface area contributed by atoms with E-state index in [1.54, 1.807) is 6.20 Å². The molecule has 0 bridgehead atoms. The van der Waals surface area contributed by atoms with E-state index >= 15 is 0 Å². The molecule has 1 aromatic rings. The molecule has 1 aromatic heterocycles. The number of hydrogen-bond donors (Lipinski definition) is 1. The molecule has 1 aliphatic carbocycles. The third kappa shape index (κ3) is 2.45. The van der Waals surface area contributed by atoms with Crippen LogP contribution in [0.25, 0.3) is 0 Å². The normalized spacial score (nSPS) is 22.7.